The van der Waals surface area contributed by atoms with Crippen LogP contribution in [0.3, 0.4) is 0 Å². The molecule has 0 saturated heterocycles. The van der Waals surface area contributed by atoms with E-state index in [1.165, 1.54) is 0 Å². The second-order valence-corrected chi connectivity index (χ2v) is 5.02. The van der Waals surface area contributed by atoms with Gasteiger partial charge in [-0.15, -0.1) is 0 Å². The SMILES string of the molecule is Cc1nn(C)c(Cl)c1CNCC1(O)CCC1. The van der Waals surface area contributed by atoms with Crippen molar-refractivity contribution >= 4 is 11.6 Å². The summed E-state index contributed by atoms with van der Waals surface area (Å²) in [5, 5.41) is 18.1. The van der Waals surface area contributed by atoms with Crippen molar-refractivity contribution in [3.63, 3.8) is 0 Å². The Morgan fingerprint density at radius 2 is 2.25 bits per heavy atom. The minimum Gasteiger partial charge on any atom is -0.389 e. The van der Waals surface area contributed by atoms with Crippen molar-refractivity contribution in [1.29, 1.82) is 0 Å². The fourth-order valence-corrected chi connectivity index (χ4v) is 2.30. The van der Waals surface area contributed by atoms with E-state index in [-0.39, 0.29) is 0 Å². The summed E-state index contributed by atoms with van der Waals surface area (Å²) in [7, 11) is 1.83. The number of halogens is 1. The Hall–Kier alpha value is -0.580. The second kappa shape index (κ2) is 4.35. The molecule has 16 heavy (non-hydrogen) atoms. The van der Waals surface area contributed by atoms with Crippen molar-refractivity contribution in [2.24, 2.45) is 7.05 Å². The van der Waals surface area contributed by atoms with E-state index in [0.717, 1.165) is 30.5 Å². The van der Waals surface area contributed by atoms with Crippen LogP contribution in [0.2, 0.25) is 5.15 Å². The summed E-state index contributed by atoms with van der Waals surface area (Å²) in [5.41, 5.74) is 1.48. The van der Waals surface area contributed by atoms with Crippen LogP contribution in [0.15, 0.2) is 0 Å². The van der Waals surface area contributed by atoms with Crippen LogP contribution in [0.4, 0.5) is 0 Å². The summed E-state index contributed by atoms with van der Waals surface area (Å²) in [6.07, 6.45) is 2.93. The van der Waals surface area contributed by atoms with Gasteiger partial charge < -0.3 is 10.4 Å². The standard InChI is InChI=1S/C11H18ClN3O/c1-8-9(10(12)15(2)14-8)6-13-7-11(16)4-3-5-11/h13,16H,3-7H2,1-2H3. The van der Waals surface area contributed by atoms with Gasteiger partial charge in [0.05, 0.1) is 11.3 Å². The molecule has 1 fully saturated rings. The van der Waals surface area contributed by atoms with Crippen molar-refractivity contribution in [1.82, 2.24) is 15.1 Å². The van der Waals surface area contributed by atoms with E-state index in [1.54, 1.807) is 4.68 Å². The van der Waals surface area contributed by atoms with Crippen molar-refractivity contribution in [2.45, 2.75) is 38.3 Å². The highest BCUT2D eigenvalue weighted by Crippen LogP contribution is 2.30. The summed E-state index contributed by atoms with van der Waals surface area (Å²) in [4.78, 5) is 0. The number of hydrogen-bond donors (Lipinski definition) is 2. The summed E-state index contributed by atoms with van der Waals surface area (Å²) in [6, 6.07) is 0. The Balaban J connectivity index is 1.89. The van der Waals surface area contributed by atoms with Crippen LogP contribution in [-0.2, 0) is 13.6 Å². The minimum absolute atomic E-state index is 0.484. The quantitative estimate of drug-likeness (QED) is 0.840. The molecule has 0 bridgehead atoms. The van der Waals surface area contributed by atoms with Gasteiger partial charge in [-0.3, -0.25) is 4.68 Å². The molecule has 4 nitrogen and oxygen atoms in total. The summed E-state index contributed by atoms with van der Waals surface area (Å²) >= 11 is 6.11. The van der Waals surface area contributed by atoms with E-state index in [0.29, 0.717) is 18.2 Å². The first-order valence-electron chi connectivity index (χ1n) is 5.63. The normalized spacial score (nSPS) is 18.5. The van der Waals surface area contributed by atoms with E-state index < -0.39 is 5.60 Å². The van der Waals surface area contributed by atoms with Crippen molar-refractivity contribution in [3.05, 3.63) is 16.4 Å². The van der Waals surface area contributed by atoms with Crippen molar-refractivity contribution in [3.8, 4) is 0 Å². The fourth-order valence-electron chi connectivity index (χ4n) is 2.06. The molecule has 1 aliphatic rings. The zero-order valence-corrected chi connectivity index (χ0v) is 10.5. The van der Waals surface area contributed by atoms with Gasteiger partial charge in [0.15, 0.2) is 0 Å². The lowest BCUT2D eigenvalue weighted by molar-refractivity contribution is -0.0314. The topological polar surface area (TPSA) is 50.1 Å². The lowest BCUT2D eigenvalue weighted by Gasteiger charge is -2.36. The number of nitrogens with one attached hydrogen (secondary N) is 1. The van der Waals surface area contributed by atoms with E-state index >= 15 is 0 Å². The summed E-state index contributed by atoms with van der Waals surface area (Å²) in [5.74, 6) is 0. The van der Waals surface area contributed by atoms with Crippen LogP contribution in [0.25, 0.3) is 0 Å². The maximum atomic E-state index is 9.92. The molecule has 2 rings (SSSR count). The average molecular weight is 244 g/mol. The highest BCUT2D eigenvalue weighted by molar-refractivity contribution is 6.30. The molecular weight excluding hydrogens is 226 g/mol. The zero-order valence-electron chi connectivity index (χ0n) is 9.76. The Bertz CT molecular complexity index is 385. The van der Waals surface area contributed by atoms with Gasteiger partial charge in [0.2, 0.25) is 0 Å². The monoisotopic (exact) mass is 243 g/mol. The Morgan fingerprint density at radius 1 is 1.56 bits per heavy atom. The molecule has 0 aliphatic heterocycles. The van der Waals surface area contributed by atoms with Crippen LogP contribution in [0.1, 0.15) is 30.5 Å². The average Bonchev–Trinajstić information content (AvgIpc) is 2.42. The Morgan fingerprint density at radius 3 is 2.69 bits per heavy atom. The molecule has 1 aliphatic carbocycles. The first kappa shape index (κ1) is 11.9. The van der Waals surface area contributed by atoms with Gasteiger partial charge in [-0.05, 0) is 26.2 Å². The lowest BCUT2D eigenvalue weighted by atomic mass is 9.80. The predicted octanol–water partition coefficient (Wildman–Crippen LogP) is 1.39. The van der Waals surface area contributed by atoms with E-state index in [4.69, 9.17) is 11.6 Å². The molecule has 0 unspecified atom stereocenters. The van der Waals surface area contributed by atoms with Crippen LogP contribution < -0.4 is 5.32 Å². The maximum Gasteiger partial charge on any atom is 0.131 e. The number of aliphatic hydroxyl groups is 1. The summed E-state index contributed by atoms with van der Waals surface area (Å²) in [6.45, 7) is 3.25. The lowest BCUT2D eigenvalue weighted by Crippen LogP contribution is -2.46. The van der Waals surface area contributed by atoms with Crippen molar-refractivity contribution in [2.75, 3.05) is 6.54 Å². The molecule has 1 heterocycles. The number of nitrogens with zero attached hydrogens (tertiary/aromatic N) is 2. The Labute approximate surface area is 101 Å². The molecular formula is C11H18ClN3O. The largest absolute Gasteiger partial charge is 0.389 e. The molecule has 0 aromatic carbocycles. The molecule has 0 amide bonds. The van der Waals surface area contributed by atoms with Crippen LogP contribution in [0, 0.1) is 6.92 Å². The molecule has 0 spiro atoms. The molecule has 0 radical (unpaired) electrons. The first-order valence-corrected chi connectivity index (χ1v) is 6.01. The van der Waals surface area contributed by atoms with E-state index in [9.17, 15) is 5.11 Å². The molecule has 2 N–H and O–H groups in total. The minimum atomic E-state index is -0.484. The molecule has 5 heteroatoms. The first-order chi connectivity index (χ1) is 7.52. The van der Waals surface area contributed by atoms with Gasteiger partial charge >= 0.3 is 0 Å². The number of rotatable bonds is 4. The zero-order chi connectivity index (χ0) is 11.8. The molecule has 1 aromatic heterocycles. The van der Waals surface area contributed by atoms with E-state index in [1.807, 2.05) is 14.0 Å². The van der Waals surface area contributed by atoms with Gasteiger partial charge in [-0.1, -0.05) is 11.6 Å². The number of aromatic nitrogens is 2. The highest BCUT2D eigenvalue weighted by Gasteiger charge is 2.33. The maximum absolute atomic E-state index is 9.92. The smallest absolute Gasteiger partial charge is 0.131 e. The van der Waals surface area contributed by atoms with Gasteiger partial charge in [0.25, 0.3) is 0 Å². The fraction of sp³-hybridized carbons (Fsp3) is 0.727. The Kier molecular flexibility index (Phi) is 3.24. The summed E-state index contributed by atoms with van der Waals surface area (Å²) < 4.78 is 1.67. The number of hydrogen-bond acceptors (Lipinski definition) is 3. The third kappa shape index (κ3) is 2.24. The van der Waals surface area contributed by atoms with E-state index in [2.05, 4.69) is 10.4 Å². The van der Waals surface area contributed by atoms with Gasteiger partial charge in [0, 0.05) is 25.7 Å². The third-order valence-electron chi connectivity index (χ3n) is 3.31. The third-order valence-corrected chi connectivity index (χ3v) is 3.78. The van der Waals surface area contributed by atoms with Gasteiger partial charge in [-0.2, -0.15) is 5.10 Å². The molecule has 0 atom stereocenters. The van der Waals surface area contributed by atoms with Crippen LogP contribution in [-0.4, -0.2) is 27.0 Å². The predicted molar refractivity (Wildman–Crippen MR) is 63.5 cm³/mol. The van der Waals surface area contributed by atoms with Crippen LogP contribution in [0.5, 0.6) is 0 Å². The molecule has 1 saturated carbocycles. The number of aryl methyl sites for hydroxylation is 2. The second-order valence-electron chi connectivity index (χ2n) is 4.66. The molecule has 90 valence electrons. The van der Waals surface area contributed by atoms with Crippen molar-refractivity contribution < 1.29 is 5.11 Å². The van der Waals surface area contributed by atoms with Gasteiger partial charge in [0.1, 0.15) is 5.15 Å². The molecule has 1 aromatic rings. The van der Waals surface area contributed by atoms with Crippen LogP contribution >= 0.6 is 11.6 Å². The van der Waals surface area contributed by atoms with Gasteiger partial charge in [-0.25, -0.2) is 0 Å². The highest BCUT2D eigenvalue weighted by atomic mass is 35.5.